The highest BCUT2D eigenvalue weighted by Crippen LogP contribution is 2.21. The van der Waals surface area contributed by atoms with Crippen LogP contribution in [0.1, 0.15) is 24.6 Å². The zero-order valence-electron chi connectivity index (χ0n) is 11.5. The molecule has 0 radical (unpaired) electrons. The van der Waals surface area contributed by atoms with Crippen molar-refractivity contribution in [3.63, 3.8) is 0 Å². The van der Waals surface area contributed by atoms with Gasteiger partial charge in [-0.3, -0.25) is 0 Å². The molecule has 1 aromatic carbocycles. The lowest BCUT2D eigenvalue weighted by molar-refractivity contribution is 0.619. The molecular weight excluding hydrogens is 241 g/mol. The maximum atomic E-state index is 13.6. The van der Waals surface area contributed by atoms with Crippen molar-refractivity contribution in [2.24, 2.45) is 0 Å². The number of halogens is 1. The first-order chi connectivity index (χ1) is 9.13. The molecule has 19 heavy (non-hydrogen) atoms. The minimum absolute atomic E-state index is 0.229. The molecule has 0 spiro atoms. The van der Waals surface area contributed by atoms with Gasteiger partial charge < -0.3 is 5.32 Å². The SMILES string of the molecule is CCCc1cc(NC)nc(-c2ccc(C)c(F)c2)n1. The van der Waals surface area contributed by atoms with Gasteiger partial charge in [0.15, 0.2) is 5.82 Å². The monoisotopic (exact) mass is 259 g/mol. The second kappa shape index (κ2) is 5.78. The Labute approximate surface area is 112 Å². The largest absolute Gasteiger partial charge is 0.373 e. The molecule has 2 rings (SSSR count). The second-order valence-electron chi connectivity index (χ2n) is 4.53. The van der Waals surface area contributed by atoms with E-state index in [2.05, 4.69) is 22.2 Å². The van der Waals surface area contributed by atoms with Crippen LogP contribution in [0, 0.1) is 12.7 Å². The summed E-state index contributed by atoms with van der Waals surface area (Å²) in [6.07, 6.45) is 1.90. The third-order valence-electron chi connectivity index (χ3n) is 2.97. The Morgan fingerprint density at radius 2 is 2.00 bits per heavy atom. The molecule has 2 aromatic rings. The van der Waals surface area contributed by atoms with Crippen molar-refractivity contribution >= 4 is 5.82 Å². The molecule has 0 saturated heterocycles. The first kappa shape index (κ1) is 13.5. The normalized spacial score (nSPS) is 10.5. The zero-order valence-corrected chi connectivity index (χ0v) is 11.5. The number of nitrogens with zero attached hydrogens (tertiary/aromatic N) is 2. The van der Waals surface area contributed by atoms with Crippen LogP contribution in [-0.4, -0.2) is 17.0 Å². The van der Waals surface area contributed by atoms with Gasteiger partial charge in [-0.05, 0) is 25.0 Å². The molecular formula is C15H18FN3. The predicted molar refractivity (Wildman–Crippen MR) is 75.7 cm³/mol. The Morgan fingerprint density at radius 1 is 1.21 bits per heavy atom. The fraction of sp³-hybridized carbons (Fsp3) is 0.333. The second-order valence-corrected chi connectivity index (χ2v) is 4.53. The Kier molecular flexibility index (Phi) is 4.10. The highest BCUT2D eigenvalue weighted by atomic mass is 19.1. The van der Waals surface area contributed by atoms with Crippen LogP contribution < -0.4 is 5.32 Å². The lowest BCUT2D eigenvalue weighted by Gasteiger charge is -2.08. The first-order valence-corrected chi connectivity index (χ1v) is 6.46. The summed E-state index contributed by atoms with van der Waals surface area (Å²) in [4.78, 5) is 8.88. The standard InChI is InChI=1S/C15H18FN3/c1-4-5-12-9-14(17-3)19-15(18-12)11-7-6-10(2)13(16)8-11/h6-9H,4-5H2,1-3H3,(H,17,18,19). The van der Waals surface area contributed by atoms with Gasteiger partial charge in [-0.2, -0.15) is 0 Å². The van der Waals surface area contributed by atoms with Crippen molar-refractivity contribution in [3.8, 4) is 11.4 Å². The number of hydrogen-bond acceptors (Lipinski definition) is 3. The number of aromatic nitrogens is 2. The molecule has 0 aliphatic rings. The fourth-order valence-electron chi connectivity index (χ4n) is 1.87. The molecule has 0 bridgehead atoms. The van der Waals surface area contributed by atoms with Gasteiger partial charge in [0.05, 0.1) is 0 Å². The first-order valence-electron chi connectivity index (χ1n) is 6.46. The molecule has 0 fully saturated rings. The molecule has 4 heteroatoms. The van der Waals surface area contributed by atoms with Gasteiger partial charge in [-0.15, -0.1) is 0 Å². The highest BCUT2D eigenvalue weighted by molar-refractivity contribution is 5.58. The van der Waals surface area contributed by atoms with Crippen LogP contribution in [0.3, 0.4) is 0 Å². The minimum atomic E-state index is -0.229. The molecule has 100 valence electrons. The topological polar surface area (TPSA) is 37.8 Å². The summed E-state index contributed by atoms with van der Waals surface area (Å²) >= 11 is 0. The van der Waals surface area contributed by atoms with Crippen LogP contribution in [0.15, 0.2) is 24.3 Å². The van der Waals surface area contributed by atoms with Gasteiger partial charge in [0.25, 0.3) is 0 Å². The summed E-state index contributed by atoms with van der Waals surface area (Å²) in [5.74, 6) is 1.09. The molecule has 1 aromatic heterocycles. The van der Waals surface area contributed by atoms with Gasteiger partial charge in [0, 0.05) is 24.4 Å². The van der Waals surface area contributed by atoms with E-state index in [1.807, 2.05) is 19.2 Å². The van der Waals surface area contributed by atoms with Gasteiger partial charge in [0.1, 0.15) is 11.6 Å². The summed E-state index contributed by atoms with van der Waals surface area (Å²) in [6.45, 7) is 3.85. The molecule has 0 aliphatic heterocycles. The molecule has 0 saturated carbocycles. The molecule has 0 atom stereocenters. The third kappa shape index (κ3) is 3.08. The van der Waals surface area contributed by atoms with E-state index < -0.39 is 0 Å². The van der Waals surface area contributed by atoms with Crippen LogP contribution in [0.25, 0.3) is 11.4 Å². The van der Waals surface area contributed by atoms with E-state index in [0.29, 0.717) is 17.0 Å². The fourth-order valence-corrected chi connectivity index (χ4v) is 1.87. The van der Waals surface area contributed by atoms with Crippen molar-refractivity contribution in [2.75, 3.05) is 12.4 Å². The number of anilines is 1. The van der Waals surface area contributed by atoms with Gasteiger partial charge in [-0.25, -0.2) is 14.4 Å². The third-order valence-corrected chi connectivity index (χ3v) is 2.97. The predicted octanol–water partition coefficient (Wildman–Crippen LogP) is 3.59. The summed E-state index contributed by atoms with van der Waals surface area (Å²) in [7, 11) is 1.82. The van der Waals surface area contributed by atoms with Crippen molar-refractivity contribution in [2.45, 2.75) is 26.7 Å². The Morgan fingerprint density at radius 3 is 2.63 bits per heavy atom. The van der Waals surface area contributed by atoms with E-state index in [1.165, 1.54) is 6.07 Å². The van der Waals surface area contributed by atoms with E-state index in [4.69, 9.17) is 0 Å². The Hall–Kier alpha value is -1.97. The van der Waals surface area contributed by atoms with E-state index in [1.54, 1.807) is 13.0 Å². The van der Waals surface area contributed by atoms with Crippen molar-refractivity contribution in [1.82, 2.24) is 9.97 Å². The maximum absolute atomic E-state index is 13.6. The van der Waals surface area contributed by atoms with Crippen LogP contribution in [0.4, 0.5) is 10.2 Å². The molecule has 1 N–H and O–H groups in total. The number of hydrogen-bond donors (Lipinski definition) is 1. The molecule has 1 heterocycles. The number of aryl methyl sites for hydroxylation is 2. The van der Waals surface area contributed by atoms with E-state index >= 15 is 0 Å². The Bertz CT molecular complexity index is 582. The average molecular weight is 259 g/mol. The maximum Gasteiger partial charge on any atom is 0.161 e. The summed E-state index contributed by atoms with van der Waals surface area (Å²) in [6, 6.07) is 7.01. The van der Waals surface area contributed by atoms with Crippen molar-refractivity contribution < 1.29 is 4.39 Å². The molecule has 3 nitrogen and oxygen atoms in total. The summed E-state index contributed by atoms with van der Waals surface area (Å²) in [5.41, 5.74) is 2.30. The Balaban J connectivity index is 2.47. The average Bonchev–Trinajstić information content (AvgIpc) is 2.42. The van der Waals surface area contributed by atoms with Crippen LogP contribution in [0.2, 0.25) is 0 Å². The van der Waals surface area contributed by atoms with Gasteiger partial charge >= 0.3 is 0 Å². The van der Waals surface area contributed by atoms with E-state index in [-0.39, 0.29) is 5.82 Å². The molecule has 0 aliphatic carbocycles. The van der Waals surface area contributed by atoms with Crippen molar-refractivity contribution in [1.29, 1.82) is 0 Å². The highest BCUT2D eigenvalue weighted by Gasteiger charge is 2.08. The van der Waals surface area contributed by atoms with Crippen LogP contribution in [0.5, 0.6) is 0 Å². The van der Waals surface area contributed by atoms with Gasteiger partial charge in [-0.1, -0.05) is 25.5 Å². The summed E-state index contributed by atoms with van der Waals surface area (Å²) in [5, 5.41) is 3.02. The lowest BCUT2D eigenvalue weighted by Crippen LogP contribution is -2.01. The number of rotatable bonds is 4. The molecule has 0 unspecified atom stereocenters. The van der Waals surface area contributed by atoms with E-state index in [0.717, 1.165) is 24.4 Å². The smallest absolute Gasteiger partial charge is 0.161 e. The quantitative estimate of drug-likeness (QED) is 0.911. The summed E-state index contributed by atoms with van der Waals surface area (Å²) < 4.78 is 13.6. The van der Waals surface area contributed by atoms with Crippen molar-refractivity contribution in [3.05, 3.63) is 41.3 Å². The molecule has 0 amide bonds. The van der Waals surface area contributed by atoms with Crippen LogP contribution >= 0.6 is 0 Å². The van der Waals surface area contributed by atoms with Crippen LogP contribution in [-0.2, 0) is 6.42 Å². The van der Waals surface area contributed by atoms with E-state index in [9.17, 15) is 4.39 Å². The lowest BCUT2D eigenvalue weighted by atomic mass is 10.1. The number of nitrogens with one attached hydrogen (secondary N) is 1. The zero-order chi connectivity index (χ0) is 13.8. The van der Waals surface area contributed by atoms with Gasteiger partial charge in [0.2, 0.25) is 0 Å². The number of benzene rings is 1. The minimum Gasteiger partial charge on any atom is -0.373 e.